The van der Waals surface area contributed by atoms with Crippen molar-refractivity contribution in [1.29, 1.82) is 0 Å². The van der Waals surface area contributed by atoms with Gasteiger partial charge in [0.1, 0.15) is 0 Å². The van der Waals surface area contributed by atoms with Gasteiger partial charge in [-0.25, -0.2) is 0 Å². The number of nitrogen functional groups attached to an aromatic ring is 1. The minimum absolute atomic E-state index is 0.588. The van der Waals surface area contributed by atoms with E-state index in [-0.39, 0.29) is 0 Å². The zero-order valence-corrected chi connectivity index (χ0v) is 12.4. The van der Waals surface area contributed by atoms with Crippen LogP contribution in [0.25, 0.3) is 11.5 Å². The maximum absolute atomic E-state index is 5.76. The fourth-order valence-electron chi connectivity index (χ4n) is 2.60. The summed E-state index contributed by atoms with van der Waals surface area (Å²) >= 11 is 1.95. The molecule has 1 aromatic carbocycles. The van der Waals surface area contributed by atoms with Gasteiger partial charge in [-0.15, -0.1) is 0 Å². The standard InChI is InChI=1S/C15H19N3OS/c1-10-8-11(16)6-7-13(10)15-17-14(18-19-15)9-20-12-4-2-3-5-12/h6-8,12H,2-5,9,16H2,1H3. The van der Waals surface area contributed by atoms with Crippen molar-refractivity contribution in [2.75, 3.05) is 5.73 Å². The van der Waals surface area contributed by atoms with Crippen LogP contribution in [0, 0.1) is 6.92 Å². The van der Waals surface area contributed by atoms with Gasteiger partial charge in [0, 0.05) is 16.5 Å². The quantitative estimate of drug-likeness (QED) is 0.867. The summed E-state index contributed by atoms with van der Waals surface area (Å²) in [4.78, 5) is 4.49. The molecule has 3 rings (SSSR count). The van der Waals surface area contributed by atoms with E-state index in [4.69, 9.17) is 10.3 Å². The molecule has 0 radical (unpaired) electrons. The molecule has 0 bridgehead atoms. The summed E-state index contributed by atoms with van der Waals surface area (Å²) in [5.74, 6) is 2.21. The highest BCUT2D eigenvalue weighted by molar-refractivity contribution is 7.99. The van der Waals surface area contributed by atoms with Crippen molar-refractivity contribution in [3.05, 3.63) is 29.6 Å². The van der Waals surface area contributed by atoms with Crippen LogP contribution >= 0.6 is 11.8 Å². The summed E-state index contributed by atoms with van der Waals surface area (Å²) in [6.45, 7) is 2.00. The van der Waals surface area contributed by atoms with Crippen molar-refractivity contribution in [2.45, 2.75) is 43.6 Å². The monoisotopic (exact) mass is 289 g/mol. The Morgan fingerprint density at radius 3 is 2.90 bits per heavy atom. The third kappa shape index (κ3) is 2.98. The van der Waals surface area contributed by atoms with Crippen LogP contribution in [0.4, 0.5) is 5.69 Å². The number of hydrogen-bond donors (Lipinski definition) is 1. The number of aryl methyl sites for hydroxylation is 1. The Morgan fingerprint density at radius 2 is 2.15 bits per heavy atom. The third-order valence-electron chi connectivity index (χ3n) is 3.70. The predicted octanol–water partition coefficient (Wildman–Crippen LogP) is 3.80. The maximum Gasteiger partial charge on any atom is 0.258 e. The zero-order chi connectivity index (χ0) is 13.9. The fourth-order valence-corrected chi connectivity index (χ4v) is 3.76. The van der Waals surface area contributed by atoms with Gasteiger partial charge in [-0.1, -0.05) is 18.0 Å². The van der Waals surface area contributed by atoms with Crippen molar-refractivity contribution < 1.29 is 4.52 Å². The number of anilines is 1. The molecular formula is C15H19N3OS. The Bertz CT molecular complexity index is 591. The van der Waals surface area contributed by atoms with Crippen molar-refractivity contribution in [3.63, 3.8) is 0 Å². The van der Waals surface area contributed by atoms with Crippen LogP contribution in [-0.2, 0) is 5.75 Å². The highest BCUT2D eigenvalue weighted by Crippen LogP contribution is 2.31. The third-order valence-corrected chi connectivity index (χ3v) is 5.07. The average Bonchev–Trinajstić information content (AvgIpc) is 3.07. The zero-order valence-electron chi connectivity index (χ0n) is 11.6. The Balaban J connectivity index is 1.69. The first-order chi connectivity index (χ1) is 9.72. The minimum Gasteiger partial charge on any atom is -0.399 e. The van der Waals surface area contributed by atoms with Crippen molar-refractivity contribution >= 4 is 17.4 Å². The van der Waals surface area contributed by atoms with Gasteiger partial charge in [0.15, 0.2) is 5.82 Å². The molecular weight excluding hydrogens is 270 g/mol. The molecule has 20 heavy (non-hydrogen) atoms. The molecule has 1 saturated carbocycles. The van der Waals surface area contributed by atoms with Gasteiger partial charge in [0.2, 0.25) is 0 Å². The molecule has 2 aromatic rings. The highest BCUT2D eigenvalue weighted by Gasteiger charge is 2.17. The van der Waals surface area contributed by atoms with E-state index >= 15 is 0 Å². The molecule has 1 aliphatic rings. The Morgan fingerprint density at radius 1 is 1.35 bits per heavy atom. The van der Waals surface area contributed by atoms with Crippen LogP contribution in [0.2, 0.25) is 0 Å². The number of nitrogens with two attached hydrogens (primary N) is 1. The molecule has 0 atom stereocenters. The van der Waals surface area contributed by atoms with E-state index in [2.05, 4.69) is 10.1 Å². The van der Waals surface area contributed by atoms with Gasteiger partial charge in [-0.05, 0) is 43.5 Å². The number of nitrogens with zero attached hydrogens (tertiary/aromatic N) is 2. The van der Waals surface area contributed by atoms with Crippen LogP contribution in [0.15, 0.2) is 22.7 Å². The molecule has 5 heteroatoms. The van der Waals surface area contributed by atoms with Gasteiger partial charge in [-0.2, -0.15) is 16.7 Å². The van der Waals surface area contributed by atoms with Crippen molar-refractivity contribution in [2.24, 2.45) is 0 Å². The topological polar surface area (TPSA) is 64.9 Å². The summed E-state index contributed by atoms with van der Waals surface area (Å²) in [5.41, 5.74) is 8.53. The summed E-state index contributed by atoms with van der Waals surface area (Å²) in [6, 6.07) is 5.72. The van der Waals surface area contributed by atoms with E-state index in [1.54, 1.807) is 0 Å². The predicted molar refractivity (Wildman–Crippen MR) is 82.4 cm³/mol. The molecule has 0 aliphatic heterocycles. The van der Waals surface area contributed by atoms with Crippen molar-refractivity contribution in [1.82, 2.24) is 10.1 Å². The lowest BCUT2D eigenvalue weighted by atomic mass is 10.1. The molecule has 2 N–H and O–H groups in total. The molecule has 1 heterocycles. The van der Waals surface area contributed by atoms with Gasteiger partial charge >= 0.3 is 0 Å². The van der Waals surface area contributed by atoms with Crippen LogP contribution in [0.5, 0.6) is 0 Å². The lowest BCUT2D eigenvalue weighted by Gasteiger charge is -2.05. The summed E-state index contributed by atoms with van der Waals surface area (Å²) < 4.78 is 5.37. The summed E-state index contributed by atoms with van der Waals surface area (Å²) in [6.07, 6.45) is 5.37. The fraction of sp³-hybridized carbons (Fsp3) is 0.467. The first-order valence-electron chi connectivity index (χ1n) is 7.03. The lowest BCUT2D eigenvalue weighted by Crippen LogP contribution is -1.96. The Labute approximate surface area is 123 Å². The van der Waals surface area contributed by atoms with E-state index in [0.29, 0.717) is 5.89 Å². The smallest absolute Gasteiger partial charge is 0.258 e. The molecule has 0 amide bonds. The Kier molecular flexibility index (Phi) is 3.96. The van der Waals surface area contributed by atoms with Crippen LogP contribution in [0.1, 0.15) is 37.1 Å². The SMILES string of the molecule is Cc1cc(N)ccc1-c1nc(CSC2CCCC2)no1. The molecule has 106 valence electrons. The maximum atomic E-state index is 5.76. The molecule has 0 unspecified atom stereocenters. The average molecular weight is 289 g/mol. The largest absolute Gasteiger partial charge is 0.399 e. The molecule has 1 aromatic heterocycles. The van der Waals surface area contributed by atoms with Crippen LogP contribution < -0.4 is 5.73 Å². The number of hydrogen-bond acceptors (Lipinski definition) is 5. The first kappa shape index (κ1) is 13.5. The molecule has 0 saturated heterocycles. The highest BCUT2D eigenvalue weighted by atomic mass is 32.2. The number of rotatable bonds is 4. The normalized spacial score (nSPS) is 15.8. The van der Waals surface area contributed by atoms with E-state index in [0.717, 1.165) is 33.6 Å². The van der Waals surface area contributed by atoms with Crippen molar-refractivity contribution in [3.8, 4) is 11.5 Å². The van der Waals surface area contributed by atoms with Gasteiger partial charge < -0.3 is 10.3 Å². The van der Waals surface area contributed by atoms with Crippen LogP contribution in [-0.4, -0.2) is 15.4 Å². The summed E-state index contributed by atoms with van der Waals surface area (Å²) in [7, 11) is 0. The molecule has 1 aliphatic carbocycles. The number of aromatic nitrogens is 2. The number of thioether (sulfide) groups is 1. The van der Waals surface area contributed by atoms with E-state index < -0.39 is 0 Å². The first-order valence-corrected chi connectivity index (χ1v) is 8.08. The lowest BCUT2D eigenvalue weighted by molar-refractivity contribution is 0.425. The second-order valence-corrected chi connectivity index (χ2v) is 6.60. The summed E-state index contributed by atoms with van der Waals surface area (Å²) in [5, 5.41) is 4.85. The van der Waals surface area contributed by atoms with E-state index in [1.807, 2.05) is 36.9 Å². The second kappa shape index (κ2) is 5.87. The van der Waals surface area contributed by atoms with Gasteiger partial charge in [-0.3, -0.25) is 0 Å². The molecule has 4 nitrogen and oxygen atoms in total. The minimum atomic E-state index is 0.588. The molecule has 1 fully saturated rings. The molecule has 0 spiro atoms. The number of benzene rings is 1. The van der Waals surface area contributed by atoms with Gasteiger partial charge in [0.05, 0.1) is 5.75 Å². The van der Waals surface area contributed by atoms with Crippen LogP contribution in [0.3, 0.4) is 0 Å². The van der Waals surface area contributed by atoms with E-state index in [9.17, 15) is 0 Å². The van der Waals surface area contributed by atoms with Gasteiger partial charge in [0.25, 0.3) is 5.89 Å². The second-order valence-electron chi connectivity index (χ2n) is 5.31. The van der Waals surface area contributed by atoms with E-state index in [1.165, 1.54) is 25.7 Å². The Hall–Kier alpha value is -1.49.